The van der Waals surface area contributed by atoms with Gasteiger partial charge in [0.1, 0.15) is 5.82 Å². The Kier molecular flexibility index (Phi) is 5.72. The minimum absolute atomic E-state index is 0.165. The second-order valence-electron chi connectivity index (χ2n) is 5.64. The van der Waals surface area contributed by atoms with Crippen LogP contribution in [0.3, 0.4) is 0 Å². The molecular formula is C15H21FN2O4S. The molecule has 0 bridgehead atoms. The fourth-order valence-corrected chi connectivity index (χ4v) is 4.46. The molecule has 23 heavy (non-hydrogen) atoms. The van der Waals surface area contributed by atoms with Gasteiger partial charge in [0.05, 0.1) is 17.6 Å². The molecule has 1 atom stereocenters. The topological polar surface area (TPSA) is 98.5 Å². The summed E-state index contributed by atoms with van der Waals surface area (Å²) in [5.74, 6) is -1.44. The lowest BCUT2D eigenvalue weighted by molar-refractivity contribution is 0.0595. The van der Waals surface area contributed by atoms with Gasteiger partial charge >= 0.3 is 5.97 Å². The van der Waals surface area contributed by atoms with Crippen molar-refractivity contribution in [3.05, 3.63) is 29.6 Å². The predicted molar refractivity (Wildman–Crippen MR) is 82.9 cm³/mol. The number of halogens is 1. The number of methoxy groups -OCH3 is 1. The number of carbonyl (C=O) groups excluding carboxylic acids is 1. The standard InChI is InChI=1S/C15H21FN2O4S/c1-22-15(19)12-8-11(16)6-7-14(12)23(20,21)18-13(9-17)10-4-2-3-5-10/h6-8,10,13,18H,2-5,9,17H2,1H3. The number of hydrogen-bond donors (Lipinski definition) is 2. The third-order valence-electron chi connectivity index (χ3n) is 4.17. The van der Waals surface area contributed by atoms with Gasteiger partial charge in [-0.15, -0.1) is 0 Å². The molecule has 0 saturated heterocycles. The SMILES string of the molecule is COC(=O)c1cc(F)ccc1S(=O)(=O)NC(CN)C1CCCC1. The molecule has 0 aromatic heterocycles. The number of nitrogens with one attached hydrogen (secondary N) is 1. The highest BCUT2D eigenvalue weighted by molar-refractivity contribution is 7.89. The lowest BCUT2D eigenvalue weighted by atomic mass is 9.99. The van der Waals surface area contributed by atoms with Crippen LogP contribution in [0.5, 0.6) is 0 Å². The number of hydrogen-bond acceptors (Lipinski definition) is 5. The number of rotatable bonds is 6. The van der Waals surface area contributed by atoms with Gasteiger partial charge in [0.25, 0.3) is 0 Å². The van der Waals surface area contributed by atoms with Gasteiger partial charge in [0, 0.05) is 12.6 Å². The van der Waals surface area contributed by atoms with Crippen molar-refractivity contribution < 1.29 is 22.3 Å². The maximum Gasteiger partial charge on any atom is 0.339 e. The first-order valence-corrected chi connectivity index (χ1v) is 8.97. The zero-order chi connectivity index (χ0) is 17.0. The van der Waals surface area contributed by atoms with Crippen LogP contribution in [0.15, 0.2) is 23.1 Å². The van der Waals surface area contributed by atoms with Crippen molar-refractivity contribution in [1.82, 2.24) is 4.72 Å². The van der Waals surface area contributed by atoms with E-state index in [1.165, 1.54) is 0 Å². The van der Waals surface area contributed by atoms with Crippen molar-refractivity contribution in [2.75, 3.05) is 13.7 Å². The quantitative estimate of drug-likeness (QED) is 0.760. The van der Waals surface area contributed by atoms with E-state index in [1.807, 2.05) is 0 Å². The highest BCUT2D eigenvalue weighted by Crippen LogP contribution is 2.28. The Morgan fingerprint density at radius 1 is 1.43 bits per heavy atom. The molecule has 1 aliphatic rings. The number of nitrogens with two attached hydrogens (primary N) is 1. The van der Waals surface area contributed by atoms with Gasteiger partial charge in [-0.1, -0.05) is 12.8 Å². The number of sulfonamides is 1. The molecule has 1 saturated carbocycles. The minimum Gasteiger partial charge on any atom is -0.465 e. The van der Waals surface area contributed by atoms with Crippen molar-refractivity contribution in [2.45, 2.75) is 36.6 Å². The number of ether oxygens (including phenoxy) is 1. The molecule has 0 spiro atoms. The van der Waals surface area contributed by atoms with Gasteiger partial charge in [-0.2, -0.15) is 0 Å². The summed E-state index contributed by atoms with van der Waals surface area (Å²) in [6.45, 7) is 0.165. The lowest BCUT2D eigenvalue weighted by Crippen LogP contribution is -2.44. The van der Waals surface area contributed by atoms with Crippen LogP contribution in [0.4, 0.5) is 4.39 Å². The molecule has 6 nitrogen and oxygen atoms in total. The maximum atomic E-state index is 13.4. The molecule has 0 aliphatic heterocycles. The Hall–Kier alpha value is -1.51. The third kappa shape index (κ3) is 4.07. The van der Waals surface area contributed by atoms with Crippen LogP contribution < -0.4 is 10.5 Å². The predicted octanol–water partition coefficient (Wildman–Crippen LogP) is 1.41. The first-order chi connectivity index (χ1) is 10.9. The van der Waals surface area contributed by atoms with E-state index in [1.54, 1.807) is 0 Å². The fraction of sp³-hybridized carbons (Fsp3) is 0.533. The van der Waals surface area contributed by atoms with E-state index in [0.717, 1.165) is 51.0 Å². The van der Waals surface area contributed by atoms with Crippen molar-refractivity contribution in [3.8, 4) is 0 Å². The van der Waals surface area contributed by atoms with Gasteiger partial charge < -0.3 is 10.5 Å². The molecule has 0 radical (unpaired) electrons. The molecule has 128 valence electrons. The molecule has 8 heteroatoms. The molecule has 1 fully saturated rings. The summed E-state index contributed by atoms with van der Waals surface area (Å²) in [6, 6.07) is 2.51. The maximum absolute atomic E-state index is 13.4. The number of benzene rings is 1. The summed E-state index contributed by atoms with van der Waals surface area (Å²) in [5, 5.41) is 0. The first-order valence-electron chi connectivity index (χ1n) is 7.49. The third-order valence-corrected chi connectivity index (χ3v) is 5.71. The fourth-order valence-electron chi connectivity index (χ4n) is 2.97. The summed E-state index contributed by atoms with van der Waals surface area (Å²) >= 11 is 0. The summed E-state index contributed by atoms with van der Waals surface area (Å²) < 4.78 is 45.7. The molecule has 3 N–H and O–H groups in total. The van der Waals surface area contributed by atoms with Gasteiger partial charge in [-0.05, 0) is 37.0 Å². The Morgan fingerprint density at radius 2 is 2.09 bits per heavy atom. The van der Waals surface area contributed by atoms with E-state index in [4.69, 9.17) is 5.73 Å². The van der Waals surface area contributed by atoms with Crippen molar-refractivity contribution in [1.29, 1.82) is 0 Å². The van der Waals surface area contributed by atoms with E-state index < -0.39 is 27.9 Å². The molecule has 0 amide bonds. The first kappa shape index (κ1) is 17.8. The molecular weight excluding hydrogens is 323 g/mol. The molecule has 1 aliphatic carbocycles. The molecule has 0 heterocycles. The van der Waals surface area contributed by atoms with E-state index >= 15 is 0 Å². The van der Waals surface area contributed by atoms with E-state index in [2.05, 4.69) is 9.46 Å². The van der Waals surface area contributed by atoms with E-state index in [9.17, 15) is 17.6 Å². The van der Waals surface area contributed by atoms with Gasteiger partial charge in [-0.3, -0.25) is 0 Å². The van der Waals surface area contributed by atoms with Crippen molar-refractivity contribution in [3.63, 3.8) is 0 Å². The van der Waals surface area contributed by atoms with Crippen LogP contribution in [-0.2, 0) is 14.8 Å². The van der Waals surface area contributed by atoms with Gasteiger partial charge in [-0.25, -0.2) is 22.3 Å². The minimum atomic E-state index is -4.01. The summed E-state index contributed by atoms with van der Waals surface area (Å²) in [7, 11) is -2.90. The zero-order valence-corrected chi connectivity index (χ0v) is 13.7. The normalized spacial score (nSPS) is 17.2. The van der Waals surface area contributed by atoms with Gasteiger partial charge in [0.15, 0.2) is 0 Å². The van der Waals surface area contributed by atoms with Crippen LogP contribution in [0.25, 0.3) is 0 Å². The van der Waals surface area contributed by atoms with Crippen LogP contribution in [0, 0.1) is 11.7 Å². The monoisotopic (exact) mass is 344 g/mol. The molecule has 2 rings (SSSR count). The summed E-state index contributed by atoms with van der Waals surface area (Å²) in [6.07, 6.45) is 3.93. The molecule has 1 unspecified atom stereocenters. The highest BCUT2D eigenvalue weighted by atomic mass is 32.2. The zero-order valence-electron chi connectivity index (χ0n) is 12.9. The largest absolute Gasteiger partial charge is 0.465 e. The average molecular weight is 344 g/mol. The smallest absolute Gasteiger partial charge is 0.339 e. The van der Waals surface area contributed by atoms with Crippen LogP contribution in [0.1, 0.15) is 36.0 Å². The van der Waals surface area contributed by atoms with Crippen LogP contribution >= 0.6 is 0 Å². The Morgan fingerprint density at radius 3 is 2.65 bits per heavy atom. The average Bonchev–Trinajstić information content (AvgIpc) is 3.05. The second-order valence-corrected chi connectivity index (χ2v) is 7.32. The Balaban J connectivity index is 2.33. The van der Waals surface area contributed by atoms with Gasteiger partial charge in [0.2, 0.25) is 10.0 Å². The number of esters is 1. The van der Waals surface area contributed by atoms with E-state index in [0.29, 0.717) is 0 Å². The number of carbonyl (C=O) groups is 1. The molecule has 1 aromatic carbocycles. The van der Waals surface area contributed by atoms with Crippen molar-refractivity contribution in [2.24, 2.45) is 11.7 Å². The summed E-state index contributed by atoms with van der Waals surface area (Å²) in [4.78, 5) is 11.4. The van der Waals surface area contributed by atoms with Crippen LogP contribution in [-0.4, -0.2) is 34.1 Å². The van der Waals surface area contributed by atoms with Crippen LogP contribution in [0.2, 0.25) is 0 Å². The summed E-state index contributed by atoms with van der Waals surface area (Å²) in [5.41, 5.74) is 5.38. The molecule has 1 aromatic rings. The Labute approximate surface area is 135 Å². The van der Waals surface area contributed by atoms with Crippen molar-refractivity contribution >= 4 is 16.0 Å². The Bertz CT molecular complexity index is 672. The lowest BCUT2D eigenvalue weighted by Gasteiger charge is -2.23. The second kappa shape index (κ2) is 7.37. The van der Waals surface area contributed by atoms with E-state index in [-0.39, 0.29) is 22.9 Å². The highest BCUT2D eigenvalue weighted by Gasteiger charge is 2.30.